The number of hydrogen-bond acceptors (Lipinski definition) is 3. The first-order valence-electron chi connectivity index (χ1n) is 5.73. The highest BCUT2D eigenvalue weighted by Gasteiger charge is 2.31. The Bertz CT molecular complexity index is 266. The molecule has 0 rings (SSSR count). The Morgan fingerprint density at radius 2 is 1.78 bits per heavy atom. The largest absolute Gasteiger partial charge is 0.416 e. The van der Waals surface area contributed by atoms with Gasteiger partial charge in [-0.25, -0.2) is 0 Å². The molecular formula is C12H19F3O3. The van der Waals surface area contributed by atoms with Crippen molar-refractivity contribution in [3.05, 3.63) is 23.8 Å². The fraction of sp³-hybridized carbons (Fsp3) is 0.667. The van der Waals surface area contributed by atoms with Gasteiger partial charge >= 0.3 is 6.18 Å². The van der Waals surface area contributed by atoms with E-state index in [9.17, 15) is 13.2 Å². The molecule has 0 aromatic carbocycles. The van der Waals surface area contributed by atoms with Gasteiger partial charge in [0, 0.05) is 19.6 Å². The number of alkyl halides is 3. The summed E-state index contributed by atoms with van der Waals surface area (Å²) in [7, 11) is 0. The van der Waals surface area contributed by atoms with E-state index in [-0.39, 0.29) is 6.42 Å². The van der Waals surface area contributed by atoms with Crippen LogP contribution in [-0.2, 0) is 9.47 Å². The summed E-state index contributed by atoms with van der Waals surface area (Å²) in [5.41, 5.74) is -0.878. The van der Waals surface area contributed by atoms with Gasteiger partial charge in [0.05, 0.1) is 12.2 Å². The summed E-state index contributed by atoms with van der Waals surface area (Å²) in [6.45, 7) is 3.76. The first-order chi connectivity index (χ1) is 8.45. The van der Waals surface area contributed by atoms with Crippen molar-refractivity contribution in [3.8, 4) is 0 Å². The zero-order valence-electron chi connectivity index (χ0n) is 10.5. The lowest BCUT2D eigenvalue weighted by Crippen LogP contribution is -2.16. The molecule has 0 unspecified atom stereocenters. The molecule has 0 heterocycles. The van der Waals surface area contributed by atoms with Gasteiger partial charge in [0.15, 0.2) is 6.29 Å². The molecule has 0 aliphatic rings. The van der Waals surface area contributed by atoms with Gasteiger partial charge in [0.1, 0.15) is 0 Å². The maximum absolute atomic E-state index is 12.4. The summed E-state index contributed by atoms with van der Waals surface area (Å²) in [5, 5.41) is 8.52. The lowest BCUT2D eigenvalue weighted by Gasteiger charge is -2.15. The fourth-order valence-corrected chi connectivity index (χ4v) is 1.24. The predicted molar refractivity (Wildman–Crippen MR) is 62.0 cm³/mol. The minimum atomic E-state index is -4.47. The molecule has 6 heteroatoms. The molecule has 3 nitrogen and oxygen atoms in total. The van der Waals surface area contributed by atoms with E-state index in [0.717, 1.165) is 6.08 Å². The number of aliphatic hydroxyl groups is 1. The number of ether oxygens (including phenoxy) is 2. The van der Waals surface area contributed by atoms with Crippen molar-refractivity contribution in [1.29, 1.82) is 0 Å². The van der Waals surface area contributed by atoms with Crippen LogP contribution in [0, 0.1) is 0 Å². The van der Waals surface area contributed by atoms with Crippen LogP contribution < -0.4 is 0 Å². The van der Waals surface area contributed by atoms with Crippen LogP contribution in [0.2, 0.25) is 0 Å². The van der Waals surface area contributed by atoms with Crippen molar-refractivity contribution in [2.45, 2.75) is 32.7 Å². The Kier molecular flexibility index (Phi) is 8.70. The molecule has 0 radical (unpaired) electrons. The summed E-state index contributed by atoms with van der Waals surface area (Å²) >= 11 is 0. The summed E-state index contributed by atoms with van der Waals surface area (Å²) in [4.78, 5) is 0. The van der Waals surface area contributed by atoms with E-state index in [4.69, 9.17) is 14.6 Å². The van der Waals surface area contributed by atoms with Gasteiger partial charge in [-0.05, 0) is 19.9 Å². The minimum absolute atomic E-state index is 0.223. The highest BCUT2D eigenvalue weighted by Crippen LogP contribution is 2.26. The first kappa shape index (κ1) is 17.2. The molecule has 0 spiro atoms. The molecule has 0 bridgehead atoms. The van der Waals surface area contributed by atoms with Gasteiger partial charge in [0.25, 0.3) is 0 Å². The quantitative estimate of drug-likeness (QED) is 0.543. The van der Waals surface area contributed by atoms with E-state index in [1.807, 2.05) is 0 Å². The van der Waals surface area contributed by atoms with Crippen LogP contribution in [0.3, 0.4) is 0 Å². The molecule has 0 aromatic heterocycles. The third kappa shape index (κ3) is 7.47. The standard InChI is InChI=1S/C12H19F3O3/c1-3-17-11(18-4-2)7-5-6-10(8-9-16)12(13,14)15/h5-6,8,11,16H,3-4,7,9H2,1-2H3/b6-5+,10-8+. The molecule has 0 amide bonds. The van der Waals surface area contributed by atoms with Crippen molar-refractivity contribution in [1.82, 2.24) is 0 Å². The molecule has 0 aliphatic heterocycles. The Hall–Kier alpha value is -0.850. The van der Waals surface area contributed by atoms with Gasteiger partial charge in [-0.15, -0.1) is 0 Å². The number of aliphatic hydroxyl groups excluding tert-OH is 1. The van der Waals surface area contributed by atoms with Crippen LogP contribution in [0.15, 0.2) is 23.8 Å². The van der Waals surface area contributed by atoms with Crippen molar-refractivity contribution in [3.63, 3.8) is 0 Å². The number of hydrogen-bond donors (Lipinski definition) is 1. The Morgan fingerprint density at radius 3 is 2.17 bits per heavy atom. The average molecular weight is 268 g/mol. The topological polar surface area (TPSA) is 38.7 Å². The van der Waals surface area contributed by atoms with Crippen molar-refractivity contribution < 1.29 is 27.8 Å². The van der Waals surface area contributed by atoms with Crippen molar-refractivity contribution in [2.75, 3.05) is 19.8 Å². The van der Waals surface area contributed by atoms with Gasteiger partial charge in [-0.2, -0.15) is 13.2 Å². The molecule has 0 aliphatic carbocycles. The summed E-state index contributed by atoms with van der Waals surface area (Å²) in [6.07, 6.45) is -1.83. The molecule has 106 valence electrons. The predicted octanol–water partition coefficient (Wildman–Crippen LogP) is 2.81. The van der Waals surface area contributed by atoms with Crippen LogP contribution in [-0.4, -0.2) is 37.4 Å². The summed E-state index contributed by atoms with van der Waals surface area (Å²) in [6, 6.07) is 0. The third-order valence-electron chi connectivity index (χ3n) is 1.97. The molecule has 0 saturated heterocycles. The van der Waals surface area contributed by atoms with Crippen LogP contribution in [0.4, 0.5) is 13.2 Å². The second-order valence-corrected chi connectivity index (χ2v) is 3.32. The molecule has 18 heavy (non-hydrogen) atoms. The van der Waals surface area contributed by atoms with E-state index >= 15 is 0 Å². The van der Waals surface area contributed by atoms with Gasteiger partial charge in [0.2, 0.25) is 0 Å². The minimum Gasteiger partial charge on any atom is -0.392 e. The zero-order chi connectivity index (χ0) is 14.0. The Morgan fingerprint density at radius 1 is 1.22 bits per heavy atom. The second-order valence-electron chi connectivity index (χ2n) is 3.32. The highest BCUT2D eigenvalue weighted by atomic mass is 19.4. The van der Waals surface area contributed by atoms with Crippen molar-refractivity contribution >= 4 is 0 Å². The van der Waals surface area contributed by atoms with E-state index < -0.39 is 24.6 Å². The smallest absolute Gasteiger partial charge is 0.392 e. The summed E-state index contributed by atoms with van der Waals surface area (Å²) in [5.74, 6) is 0. The molecule has 0 saturated carbocycles. The molecule has 0 atom stereocenters. The molecule has 0 aromatic rings. The highest BCUT2D eigenvalue weighted by molar-refractivity contribution is 5.23. The third-order valence-corrected chi connectivity index (χ3v) is 1.97. The fourth-order valence-electron chi connectivity index (χ4n) is 1.24. The maximum atomic E-state index is 12.4. The average Bonchev–Trinajstić information content (AvgIpc) is 2.27. The summed E-state index contributed by atoms with van der Waals surface area (Å²) < 4.78 is 47.7. The molecular weight excluding hydrogens is 249 g/mol. The van der Waals surface area contributed by atoms with E-state index in [0.29, 0.717) is 19.3 Å². The van der Waals surface area contributed by atoms with E-state index in [1.54, 1.807) is 13.8 Å². The first-order valence-corrected chi connectivity index (χ1v) is 5.73. The Labute approximate surface area is 105 Å². The van der Waals surface area contributed by atoms with Gasteiger partial charge < -0.3 is 14.6 Å². The van der Waals surface area contributed by atoms with Crippen LogP contribution >= 0.6 is 0 Å². The van der Waals surface area contributed by atoms with Crippen molar-refractivity contribution in [2.24, 2.45) is 0 Å². The Balaban J connectivity index is 4.45. The van der Waals surface area contributed by atoms with E-state index in [2.05, 4.69) is 0 Å². The van der Waals surface area contributed by atoms with Crippen LogP contribution in [0.5, 0.6) is 0 Å². The number of allylic oxidation sites excluding steroid dienone is 2. The monoisotopic (exact) mass is 268 g/mol. The van der Waals surface area contributed by atoms with Gasteiger partial charge in [-0.3, -0.25) is 0 Å². The number of rotatable bonds is 8. The lowest BCUT2D eigenvalue weighted by molar-refractivity contribution is -0.133. The van der Waals surface area contributed by atoms with Crippen LogP contribution in [0.25, 0.3) is 0 Å². The van der Waals surface area contributed by atoms with Crippen LogP contribution in [0.1, 0.15) is 20.3 Å². The normalized spacial score (nSPS) is 13.8. The van der Waals surface area contributed by atoms with E-state index in [1.165, 1.54) is 6.08 Å². The zero-order valence-corrected chi connectivity index (χ0v) is 10.5. The molecule has 0 fully saturated rings. The number of halogens is 3. The SMILES string of the molecule is CCOC(C/C=C/C(=C\CO)C(F)(F)F)OCC. The molecule has 1 N–H and O–H groups in total. The van der Waals surface area contributed by atoms with Gasteiger partial charge in [-0.1, -0.05) is 12.2 Å². The lowest BCUT2D eigenvalue weighted by atomic mass is 10.2. The second kappa shape index (κ2) is 9.13. The maximum Gasteiger partial charge on any atom is 0.416 e.